The molecule has 0 unspecified atom stereocenters. The van der Waals surface area contributed by atoms with Crippen molar-refractivity contribution in [3.8, 4) is 11.5 Å². The average molecular weight is 308 g/mol. The third-order valence-corrected chi connectivity index (χ3v) is 4.12. The minimum atomic E-state index is -0.657. The van der Waals surface area contributed by atoms with Crippen LogP contribution in [0.3, 0.4) is 0 Å². The topological polar surface area (TPSA) is 76.0 Å². The summed E-state index contributed by atoms with van der Waals surface area (Å²) >= 11 is 0. The largest absolute Gasteiger partial charge is 0.508 e. The van der Waals surface area contributed by atoms with Crippen LogP contribution in [0.5, 0.6) is 11.5 Å². The lowest BCUT2D eigenvalue weighted by Crippen LogP contribution is -2.29. The van der Waals surface area contributed by atoms with Gasteiger partial charge in [0.1, 0.15) is 23.2 Å². The van der Waals surface area contributed by atoms with E-state index in [0.717, 1.165) is 31.2 Å². The number of cyclic esters (lactones) is 1. The van der Waals surface area contributed by atoms with Crippen LogP contribution in [0.2, 0.25) is 0 Å². The van der Waals surface area contributed by atoms with Crippen LogP contribution in [0.25, 0.3) is 0 Å². The van der Waals surface area contributed by atoms with Gasteiger partial charge in [0.15, 0.2) is 0 Å². The molecule has 2 atom stereocenters. The Balaban J connectivity index is 2.37. The van der Waals surface area contributed by atoms with Crippen molar-refractivity contribution in [3.63, 3.8) is 0 Å². The van der Waals surface area contributed by atoms with Crippen molar-refractivity contribution in [3.05, 3.63) is 23.3 Å². The van der Waals surface area contributed by atoms with Gasteiger partial charge in [-0.25, -0.2) is 4.79 Å². The summed E-state index contributed by atoms with van der Waals surface area (Å²) in [5, 5.41) is 19.8. The second kappa shape index (κ2) is 7.49. The number of carbonyl (C=O) groups excluding carboxylic acids is 1. The van der Waals surface area contributed by atoms with E-state index in [0.29, 0.717) is 24.2 Å². The molecule has 5 nitrogen and oxygen atoms in total. The van der Waals surface area contributed by atoms with E-state index in [9.17, 15) is 15.0 Å². The Hall–Kier alpha value is -1.75. The molecule has 2 rings (SSSR count). The van der Waals surface area contributed by atoms with Crippen LogP contribution in [-0.2, 0) is 11.2 Å². The number of carbonyl (C=O) groups is 1. The third kappa shape index (κ3) is 3.91. The number of rotatable bonds is 1. The fourth-order valence-corrected chi connectivity index (χ4v) is 2.81. The first kappa shape index (κ1) is 16.6. The number of benzene rings is 1. The highest BCUT2D eigenvalue weighted by atomic mass is 16.6. The molecule has 0 amide bonds. The second-order valence-corrected chi connectivity index (χ2v) is 5.81. The molecule has 2 N–H and O–H groups in total. The first-order valence-electron chi connectivity index (χ1n) is 7.82. The predicted molar refractivity (Wildman–Crippen MR) is 82.3 cm³/mol. The van der Waals surface area contributed by atoms with Crippen LogP contribution >= 0.6 is 0 Å². The highest BCUT2D eigenvalue weighted by molar-refractivity contribution is 5.94. The average Bonchev–Trinajstić information content (AvgIpc) is 2.48. The summed E-state index contributed by atoms with van der Waals surface area (Å²) in [6.07, 6.45) is 3.97. The van der Waals surface area contributed by atoms with Crippen LogP contribution < -0.4 is 4.74 Å². The van der Waals surface area contributed by atoms with Crippen LogP contribution in [0.4, 0.5) is 0 Å². The van der Waals surface area contributed by atoms with Crippen LogP contribution in [-0.4, -0.2) is 35.5 Å². The summed E-state index contributed by atoms with van der Waals surface area (Å²) in [5.74, 6) is -0.138. The number of aliphatic hydroxyl groups excluding tert-OH is 1. The van der Waals surface area contributed by atoms with Gasteiger partial charge in [0.2, 0.25) is 0 Å². The zero-order chi connectivity index (χ0) is 16.1. The van der Waals surface area contributed by atoms with E-state index in [1.807, 2.05) is 0 Å². The first-order chi connectivity index (χ1) is 10.5. The summed E-state index contributed by atoms with van der Waals surface area (Å²) in [6, 6.07) is 3.00. The number of aliphatic hydroxyl groups is 1. The van der Waals surface area contributed by atoms with Gasteiger partial charge in [0, 0.05) is 6.07 Å². The molecular weight excluding hydrogens is 284 g/mol. The highest BCUT2D eigenvalue weighted by Gasteiger charge is 2.25. The monoisotopic (exact) mass is 308 g/mol. The molecule has 22 heavy (non-hydrogen) atoms. The van der Waals surface area contributed by atoms with Crippen LogP contribution in [0, 0.1) is 0 Å². The molecule has 0 saturated heterocycles. The van der Waals surface area contributed by atoms with Gasteiger partial charge in [0.05, 0.1) is 13.2 Å². The molecule has 0 radical (unpaired) electrons. The standard InChI is InChI=1S/C17H24O5/c1-11-14(19)8-6-4-3-5-7-12-9-13(18)10-15(21-2)16(12)17(20)22-11/h9-11,14,18-19H,3-8H2,1-2H3/t11-,14+/m1/s1. The first-order valence-corrected chi connectivity index (χ1v) is 7.82. The lowest BCUT2D eigenvalue weighted by atomic mass is 9.97. The van der Waals surface area contributed by atoms with Gasteiger partial charge in [-0.1, -0.05) is 19.3 Å². The van der Waals surface area contributed by atoms with Gasteiger partial charge in [-0.2, -0.15) is 0 Å². The summed E-state index contributed by atoms with van der Waals surface area (Å²) in [4.78, 5) is 12.5. The fraction of sp³-hybridized carbons (Fsp3) is 0.588. The number of hydrogen-bond donors (Lipinski definition) is 2. The summed E-state index contributed by atoms with van der Waals surface area (Å²) in [7, 11) is 1.46. The molecule has 1 aliphatic rings. The van der Waals surface area contributed by atoms with Gasteiger partial charge in [0.25, 0.3) is 0 Å². The van der Waals surface area contributed by atoms with Gasteiger partial charge in [-0.15, -0.1) is 0 Å². The number of methoxy groups -OCH3 is 1. The molecule has 0 bridgehead atoms. The van der Waals surface area contributed by atoms with Gasteiger partial charge >= 0.3 is 5.97 Å². The number of aryl methyl sites for hydroxylation is 1. The molecular formula is C17H24O5. The molecule has 0 fully saturated rings. The van der Waals surface area contributed by atoms with Gasteiger partial charge in [-0.05, 0) is 37.8 Å². The van der Waals surface area contributed by atoms with Crippen molar-refractivity contribution in [1.29, 1.82) is 0 Å². The summed E-state index contributed by atoms with van der Waals surface area (Å²) in [6.45, 7) is 1.70. The Bertz CT molecular complexity index is 526. The Kier molecular flexibility index (Phi) is 5.66. The Labute approximate surface area is 130 Å². The van der Waals surface area contributed by atoms with Crippen LogP contribution in [0.15, 0.2) is 12.1 Å². The Morgan fingerprint density at radius 1 is 1.23 bits per heavy atom. The van der Waals surface area contributed by atoms with E-state index < -0.39 is 18.2 Å². The molecule has 1 heterocycles. The number of esters is 1. The van der Waals surface area contributed by atoms with Crippen molar-refractivity contribution in [2.24, 2.45) is 0 Å². The molecule has 1 aliphatic heterocycles. The predicted octanol–water partition coefficient (Wildman–Crippen LogP) is 2.81. The SMILES string of the molecule is COc1cc(O)cc2c1C(=O)O[C@H](C)[C@@H](O)CCCCCC2. The van der Waals surface area contributed by atoms with E-state index in [1.165, 1.54) is 13.2 Å². The smallest absolute Gasteiger partial charge is 0.342 e. The number of phenols is 1. The minimum absolute atomic E-state index is 0.0728. The maximum atomic E-state index is 12.5. The lowest BCUT2D eigenvalue weighted by Gasteiger charge is -2.22. The number of fused-ring (bicyclic) bond motifs is 1. The van der Waals surface area contributed by atoms with Crippen molar-refractivity contribution >= 4 is 5.97 Å². The van der Waals surface area contributed by atoms with Crippen molar-refractivity contribution in [2.45, 2.75) is 57.7 Å². The Morgan fingerprint density at radius 3 is 2.68 bits per heavy atom. The highest BCUT2D eigenvalue weighted by Crippen LogP contribution is 2.31. The fourth-order valence-electron chi connectivity index (χ4n) is 2.81. The summed E-state index contributed by atoms with van der Waals surface area (Å²) < 4.78 is 10.6. The van der Waals surface area contributed by atoms with E-state index in [-0.39, 0.29) is 5.75 Å². The van der Waals surface area contributed by atoms with Gasteiger partial charge < -0.3 is 19.7 Å². The normalized spacial score (nSPS) is 23.7. The zero-order valence-corrected chi connectivity index (χ0v) is 13.2. The van der Waals surface area contributed by atoms with Crippen molar-refractivity contribution in [2.75, 3.05) is 7.11 Å². The zero-order valence-electron chi connectivity index (χ0n) is 13.2. The minimum Gasteiger partial charge on any atom is -0.508 e. The molecule has 0 saturated carbocycles. The maximum Gasteiger partial charge on any atom is 0.342 e. The molecule has 122 valence electrons. The molecule has 0 aromatic heterocycles. The molecule has 0 spiro atoms. The number of aromatic hydroxyl groups is 1. The van der Waals surface area contributed by atoms with Gasteiger partial charge in [-0.3, -0.25) is 0 Å². The van der Waals surface area contributed by atoms with E-state index in [1.54, 1.807) is 13.0 Å². The number of hydrogen-bond acceptors (Lipinski definition) is 5. The molecule has 5 heteroatoms. The second-order valence-electron chi connectivity index (χ2n) is 5.81. The molecule has 1 aromatic carbocycles. The van der Waals surface area contributed by atoms with Crippen LogP contribution in [0.1, 0.15) is 54.9 Å². The van der Waals surface area contributed by atoms with E-state index in [4.69, 9.17) is 9.47 Å². The maximum absolute atomic E-state index is 12.5. The summed E-state index contributed by atoms with van der Waals surface area (Å²) in [5.41, 5.74) is 1.07. The molecule has 1 aromatic rings. The number of ether oxygens (including phenoxy) is 2. The van der Waals surface area contributed by atoms with E-state index in [2.05, 4.69) is 0 Å². The quantitative estimate of drug-likeness (QED) is 0.780. The number of phenolic OH excluding ortho intramolecular Hbond substituents is 1. The Morgan fingerprint density at radius 2 is 1.95 bits per heavy atom. The van der Waals surface area contributed by atoms with Crippen molar-refractivity contribution < 1.29 is 24.5 Å². The van der Waals surface area contributed by atoms with Crippen molar-refractivity contribution in [1.82, 2.24) is 0 Å². The third-order valence-electron chi connectivity index (χ3n) is 4.12. The van der Waals surface area contributed by atoms with E-state index >= 15 is 0 Å². The lowest BCUT2D eigenvalue weighted by molar-refractivity contribution is -0.0144. The molecule has 0 aliphatic carbocycles.